The number of likely N-dealkylation sites (tertiary alicyclic amines) is 1. The third kappa shape index (κ3) is 3.78. The average molecular weight is 326 g/mol. The van der Waals surface area contributed by atoms with Gasteiger partial charge in [-0.15, -0.1) is 0 Å². The molecule has 1 aliphatic rings. The molecule has 5 heteroatoms. The minimum Gasteiger partial charge on any atom is -0.325 e. The molecule has 1 unspecified atom stereocenters. The van der Waals surface area contributed by atoms with Crippen molar-refractivity contribution >= 4 is 11.7 Å². The number of aromatic nitrogens is 2. The van der Waals surface area contributed by atoms with Gasteiger partial charge >= 0.3 is 6.03 Å². The molecule has 2 heterocycles. The number of urea groups is 1. The summed E-state index contributed by atoms with van der Waals surface area (Å²) in [6.45, 7) is 5.84. The van der Waals surface area contributed by atoms with Gasteiger partial charge in [0.2, 0.25) is 0 Å². The van der Waals surface area contributed by atoms with Gasteiger partial charge in [0, 0.05) is 13.1 Å². The molecule has 0 saturated carbocycles. The van der Waals surface area contributed by atoms with Crippen molar-refractivity contribution in [3.05, 3.63) is 42.2 Å². The number of anilines is 1. The quantitative estimate of drug-likeness (QED) is 0.918. The highest BCUT2D eigenvalue weighted by atomic mass is 16.2. The number of hydrogen-bond donors (Lipinski definition) is 1. The maximum atomic E-state index is 12.6. The zero-order valence-electron chi connectivity index (χ0n) is 14.5. The number of carbonyl (C=O) groups excluding carboxylic acids is 1. The molecular formula is C19H26N4O. The summed E-state index contributed by atoms with van der Waals surface area (Å²) in [5, 5.41) is 7.54. The van der Waals surface area contributed by atoms with Crippen LogP contribution in [0.2, 0.25) is 0 Å². The first-order chi connectivity index (χ1) is 11.7. The van der Waals surface area contributed by atoms with E-state index in [9.17, 15) is 4.79 Å². The maximum absolute atomic E-state index is 12.6. The Kier molecular flexibility index (Phi) is 5.18. The zero-order chi connectivity index (χ0) is 16.9. The van der Waals surface area contributed by atoms with Crippen LogP contribution < -0.4 is 5.32 Å². The van der Waals surface area contributed by atoms with E-state index < -0.39 is 0 Å². The Morgan fingerprint density at radius 3 is 2.79 bits per heavy atom. The minimum absolute atomic E-state index is 0.0116. The fraction of sp³-hybridized carbons (Fsp3) is 0.474. The van der Waals surface area contributed by atoms with Crippen LogP contribution in [0.4, 0.5) is 10.5 Å². The van der Waals surface area contributed by atoms with E-state index in [1.54, 1.807) is 4.68 Å². The number of nitrogens with zero attached hydrogens (tertiary/aromatic N) is 3. The van der Waals surface area contributed by atoms with Crippen molar-refractivity contribution in [2.75, 3.05) is 18.4 Å². The topological polar surface area (TPSA) is 50.2 Å². The minimum atomic E-state index is -0.0116. The van der Waals surface area contributed by atoms with Gasteiger partial charge in [-0.2, -0.15) is 5.10 Å². The van der Waals surface area contributed by atoms with Crippen molar-refractivity contribution in [3.8, 4) is 5.69 Å². The Morgan fingerprint density at radius 1 is 1.25 bits per heavy atom. The molecule has 1 saturated heterocycles. The van der Waals surface area contributed by atoms with E-state index in [-0.39, 0.29) is 6.03 Å². The molecule has 0 bridgehead atoms. The van der Waals surface area contributed by atoms with Gasteiger partial charge < -0.3 is 10.2 Å². The van der Waals surface area contributed by atoms with E-state index >= 15 is 0 Å². The van der Waals surface area contributed by atoms with Gasteiger partial charge in [-0.3, -0.25) is 0 Å². The van der Waals surface area contributed by atoms with Crippen LogP contribution in [0.15, 0.2) is 36.5 Å². The summed E-state index contributed by atoms with van der Waals surface area (Å²) in [6.07, 6.45) is 6.51. The number of benzene rings is 1. The standard InChI is InChI=1S/C19H26N4O/c1-3-16-8-7-12-22(13-11-16)19(24)20-18-14-23(21-15(18)2)17-9-5-4-6-10-17/h4-6,9-10,14,16H,3,7-8,11-13H2,1-2H3,(H,20,24). The first-order valence-electron chi connectivity index (χ1n) is 8.85. The number of aryl methyl sites for hydroxylation is 1. The normalized spacial score (nSPS) is 18.2. The van der Waals surface area contributed by atoms with Gasteiger partial charge in [-0.05, 0) is 44.2 Å². The van der Waals surface area contributed by atoms with E-state index in [4.69, 9.17) is 0 Å². The SMILES string of the molecule is CCC1CCCN(C(=O)Nc2cn(-c3ccccc3)nc2C)CC1. The Bertz CT molecular complexity index is 680. The van der Waals surface area contributed by atoms with Crippen molar-refractivity contribution in [1.29, 1.82) is 0 Å². The molecule has 0 spiro atoms. The second kappa shape index (κ2) is 7.51. The number of nitrogens with one attached hydrogen (secondary N) is 1. The van der Waals surface area contributed by atoms with Crippen molar-refractivity contribution in [1.82, 2.24) is 14.7 Å². The van der Waals surface area contributed by atoms with Crippen molar-refractivity contribution in [3.63, 3.8) is 0 Å². The van der Waals surface area contributed by atoms with Crippen molar-refractivity contribution in [2.45, 2.75) is 39.5 Å². The number of hydrogen-bond acceptors (Lipinski definition) is 2. The number of rotatable bonds is 3. The highest BCUT2D eigenvalue weighted by Gasteiger charge is 2.20. The van der Waals surface area contributed by atoms with Crippen LogP contribution >= 0.6 is 0 Å². The first-order valence-corrected chi connectivity index (χ1v) is 8.85. The summed E-state index contributed by atoms with van der Waals surface area (Å²) in [7, 11) is 0. The van der Waals surface area contributed by atoms with Crippen molar-refractivity contribution in [2.24, 2.45) is 5.92 Å². The summed E-state index contributed by atoms with van der Waals surface area (Å²) >= 11 is 0. The smallest absolute Gasteiger partial charge is 0.321 e. The summed E-state index contributed by atoms with van der Waals surface area (Å²) in [4.78, 5) is 14.5. The highest BCUT2D eigenvalue weighted by Crippen LogP contribution is 2.22. The molecule has 5 nitrogen and oxygen atoms in total. The lowest BCUT2D eigenvalue weighted by Crippen LogP contribution is -2.35. The Balaban J connectivity index is 1.67. The lowest BCUT2D eigenvalue weighted by molar-refractivity contribution is 0.213. The second-order valence-corrected chi connectivity index (χ2v) is 6.53. The van der Waals surface area contributed by atoms with Crippen molar-refractivity contribution < 1.29 is 4.79 Å². The monoisotopic (exact) mass is 326 g/mol. The summed E-state index contributed by atoms with van der Waals surface area (Å²) in [5.41, 5.74) is 2.59. The zero-order valence-corrected chi connectivity index (χ0v) is 14.5. The molecule has 1 fully saturated rings. The van der Waals surface area contributed by atoms with Crippen LogP contribution in [-0.2, 0) is 0 Å². The van der Waals surface area contributed by atoms with Gasteiger partial charge in [0.25, 0.3) is 0 Å². The number of carbonyl (C=O) groups is 1. The molecule has 1 N–H and O–H groups in total. The number of amides is 2. The summed E-state index contributed by atoms with van der Waals surface area (Å²) < 4.78 is 1.81. The molecule has 128 valence electrons. The van der Waals surface area contributed by atoms with E-state index in [1.807, 2.05) is 48.4 Å². The average Bonchev–Trinajstić information content (AvgIpc) is 2.83. The largest absolute Gasteiger partial charge is 0.325 e. The fourth-order valence-electron chi connectivity index (χ4n) is 3.27. The molecule has 1 aliphatic heterocycles. The van der Waals surface area contributed by atoms with Gasteiger partial charge in [0.1, 0.15) is 0 Å². The van der Waals surface area contributed by atoms with Gasteiger partial charge in [-0.1, -0.05) is 31.5 Å². The van der Waals surface area contributed by atoms with E-state index in [0.29, 0.717) is 0 Å². The predicted molar refractivity (Wildman–Crippen MR) is 96.5 cm³/mol. The van der Waals surface area contributed by atoms with Crippen LogP contribution in [0.1, 0.15) is 38.3 Å². The third-order valence-corrected chi connectivity index (χ3v) is 4.87. The molecule has 1 aromatic heterocycles. The van der Waals surface area contributed by atoms with Crippen LogP contribution in [0, 0.1) is 12.8 Å². The Hall–Kier alpha value is -2.30. The molecule has 0 radical (unpaired) electrons. The van der Waals surface area contributed by atoms with E-state index in [1.165, 1.54) is 12.8 Å². The number of para-hydroxylation sites is 1. The Morgan fingerprint density at radius 2 is 2.04 bits per heavy atom. The highest BCUT2D eigenvalue weighted by molar-refractivity contribution is 5.89. The van der Waals surface area contributed by atoms with Gasteiger partial charge in [0.05, 0.1) is 23.3 Å². The van der Waals surface area contributed by atoms with Crippen LogP contribution in [0.3, 0.4) is 0 Å². The predicted octanol–water partition coefficient (Wildman–Crippen LogP) is 4.22. The molecule has 1 aromatic carbocycles. The molecule has 1 atom stereocenters. The summed E-state index contributed by atoms with van der Waals surface area (Å²) in [6, 6.07) is 9.92. The molecule has 0 aliphatic carbocycles. The van der Waals surface area contributed by atoms with Crippen LogP contribution in [0.5, 0.6) is 0 Å². The lowest BCUT2D eigenvalue weighted by Gasteiger charge is -2.20. The summed E-state index contributed by atoms with van der Waals surface area (Å²) in [5.74, 6) is 0.755. The molecule has 3 rings (SSSR count). The maximum Gasteiger partial charge on any atom is 0.321 e. The Labute approximate surface area is 143 Å². The molecule has 2 aromatic rings. The first kappa shape index (κ1) is 16.6. The van der Waals surface area contributed by atoms with Crippen LogP contribution in [0.25, 0.3) is 5.69 Å². The second-order valence-electron chi connectivity index (χ2n) is 6.53. The van der Waals surface area contributed by atoms with E-state index in [2.05, 4.69) is 17.3 Å². The van der Waals surface area contributed by atoms with Gasteiger partial charge in [-0.25, -0.2) is 9.48 Å². The molecule has 2 amide bonds. The van der Waals surface area contributed by atoms with Gasteiger partial charge in [0.15, 0.2) is 0 Å². The molecule has 24 heavy (non-hydrogen) atoms. The fourth-order valence-corrected chi connectivity index (χ4v) is 3.27. The molecular weight excluding hydrogens is 300 g/mol. The van der Waals surface area contributed by atoms with Crippen LogP contribution in [-0.4, -0.2) is 33.8 Å². The third-order valence-electron chi connectivity index (χ3n) is 4.87. The lowest BCUT2D eigenvalue weighted by atomic mass is 9.98. The van der Waals surface area contributed by atoms with E-state index in [0.717, 1.165) is 48.9 Å².